The van der Waals surface area contributed by atoms with Crippen LogP contribution in [0.2, 0.25) is 0 Å². The van der Waals surface area contributed by atoms with Crippen molar-refractivity contribution in [3.8, 4) is 0 Å². The molecule has 1 fully saturated rings. The zero-order chi connectivity index (χ0) is 16.8. The van der Waals surface area contributed by atoms with Gasteiger partial charge in [0.25, 0.3) is 0 Å². The molecular weight excluding hydrogens is 369 g/mol. The first kappa shape index (κ1) is 22.3. The molecule has 2 aromatic carbocycles. The first-order valence-electron chi connectivity index (χ1n) is 8.59. The quantitative estimate of drug-likeness (QED) is 0.785. The highest BCUT2D eigenvalue weighted by Crippen LogP contribution is 2.23. The van der Waals surface area contributed by atoms with E-state index < -0.39 is 0 Å². The molecule has 1 amide bonds. The lowest BCUT2D eigenvalue weighted by Crippen LogP contribution is -2.32. The van der Waals surface area contributed by atoms with E-state index in [1.54, 1.807) is 0 Å². The molecule has 1 aliphatic heterocycles. The number of benzene rings is 2. The topological polar surface area (TPSA) is 58.4 Å². The molecule has 0 spiro atoms. The predicted molar refractivity (Wildman–Crippen MR) is 112 cm³/mol. The summed E-state index contributed by atoms with van der Waals surface area (Å²) in [5, 5.41) is 3.05. The molecule has 1 saturated heterocycles. The van der Waals surface area contributed by atoms with Gasteiger partial charge in [0.15, 0.2) is 0 Å². The minimum atomic E-state index is -0.240. The van der Waals surface area contributed by atoms with E-state index in [0.717, 1.165) is 31.6 Å². The van der Waals surface area contributed by atoms with E-state index in [0.29, 0.717) is 12.3 Å². The molecular formula is C20H27Cl2N3O. The first-order chi connectivity index (χ1) is 11.7. The Balaban J connectivity index is 0.00000169. The highest BCUT2D eigenvalue weighted by molar-refractivity contribution is 5.85. The summed E-state index contributed by atoms with van der Waals surface area (Å²) in [6.45, 7) is 2.77. The Kier molecular flexibility index (Phi) is 9.49. The molecule has 0 aromatic heterocycles. The third-order valence-electron chi connectivity index (χ3n) is 4.63. The SMILES string of the molecule is Cl.Cl.NC(CC(=O)NCC1CCN(c2ccccc2)C1)c1ccccc1. The Hall–Kier alpha value is -1.75. The lowest BCUT2D eigenvalue weighted by atomic mass is 10.0. The summed E-state index contributed by atoms with van der Waals surface area (Å²) in [5.74, 6) is 0.534. The van der Waals surface area contributed by atoms with Crippen LogP contribution in [0.1, 0.15) is 24.4 Å². The first-order valence-corrected chi connectivity index (χ1v) is 8.59. The van der Waals surface area contributed by atoms with Gasteiger partial charge in [0.2, 0.25) is 5.91 Å². The van der Waals surface area contributed by atoms with Crippen LogP contribution < -0.4 is 16.0 Å². The number of carbonyl (C=O) groups is 1. The lowest BCUT2D eigenvalue weighted by molar-refractivity contribution is -0.121. The van der Waals surface area contributed by atoms with Crippen molar-refractivity contribution in [1.29, 1.82) is 0 Å². The number of nitrogens with two attached hydrogens (primary N) is 1. The molecule has 2 atom stereocenters. The predicted octanol–water partition coefficient (Wildman–Crippen LogP) is 3.56. The third kappa shape index (κ3) is 6.20. The van der Waals surface area contributed by atoms with Crippen molar-refractivity contribution in [2.45, 2.75) is 18.9 Å². The minimum absolute atomic E-state index is 0. The van der Waals surface area contributed by atoms with Crippen LogP contribution in [0.3, 0.4) is 0 Å². The van der Waals surface area contributed by atoms with Crippen molar-refractivity contribution in [2.75, 3.05) is 24.5 Å². The molecule has 3 N–H and O–H groups in total. The number of para-hydroxylation sites is 1. The summed E-state index contributed by atoms with van der Waals surface area (Å²) in [5.41, 5.74) is 8.37. The van der Waals surface area contributed by atoms with E-state index in [-0.39, 0.29) is 36.8 Å². The van der Waals surface area contributed by atoms with E-state index in [1.165, 1.54) is 5.69 Å². The number of hydrogen-bond acceptors (Lipinski definition) is 3. The van der Waals surface area contributed by atoms with Crippen LogP contribution in [-0.4, -0.2) is 25.5 Å². The Morgan fingerprint density at radius 2 is 1.69 bits per heavy atom. The van der Waals surface area contributed by atoms with E-state index in [2.05, 4.69) is 34.5 Å². The van der Waals surface area contributed by atoms with Gasteiger partial charge in [0.1, 0.15) is 0 Å². The van der Waals surface area contributed by atoms with E-state index >= 15 is 0 Å². The number of halogens is 2. The van der Waals surface area contributed by atoms with Gasteiger partial charge in [-0.25, -0.2) is 0 Å². The summed E-state index contributed by atoms with van der Waals surface area (Å²) in [6, 6.07) is 20.0. The van der Waals surface area contributed by atoms with E-state index in [9.17, 15) is 4.79 Å². The fraction of sp³-hybridized carbons (Fsp3) is 0.350. The number of amides is 1. The van der Waals surface area contributed by atoms with Gasteiger partial charge in [-0.05, 0) is 30.0 Å². The van der Waals surface area contributed by atoms with Gasteiger partial charge >= 0.3 is 0 Å². The molecule has 3 rings (SSSR count). The minimum Gasteiger partial charge on any atom is -0.371 e. The van der Waals surface area contributed by atoms with Gasteiger partial charge in [-0.1, -0.05) is 48.5 Å². The molecule has 2 aromatic rings. The van der Waals surface area contributed by atoms with Crippen molar-refractivity contribution < 1.29 is 4.79 Å². The molecule has 4 nitrogen and oxygen atoms in total. The molecule has 2 unspecified atom stereocenters. The summed E-state index contributed by atoms with van der Waals surface area (Å²) >= 11 is 0. The van der Waals surface area contributed by atoms with Gasteiger partial charge in [0, 0.05) is 37.8 Å². The van der Waals surface area contributed by atoms with Crippen LogP contribution in [0.5, 0.6) is 0 Å². The maximum atomic E-state index is 12.1. The zero-order valence-corrected chi connectivity index (χ0v) is 16.3. The zero-order valence-electron chi connectivity index (χ0n) is 14.7. The molecule has 1 aliphatic rings. The molecule has 1 heterocycles. The van der Waals surface area contributed by atoms with Gasteiger partial charge in [-0.3, -0.25) is 4.79 Å². The van der Waals surface area contributed by atoms with E-state index in [4.69, 9.17) is 5.73 Å². The van der Waals surface area contributed by atoms with Crippen molar-refractivity contribution in [3.63, 3.8) is 0 Å². The number of rotatable bonds is 6. The number of hydrogen-bond donors (Lipinski definition) is 2. The largest absolute Gasteiger partial charge is 0.371 e. The van der Waals surface area contributed by atoms with Crippen LogP contribution in [0.25, 0.3) is 0 Å². The smallest absolute Gasteiger partial charge is 0.221 e. The second-order valence-corrected chi connectivity index (χ2v) is 6.46. The third-order valence-corrected chi connectivity index (χ3v) is 4.63. The normalized spacial score (nSPS) is 17.0. The van der Waals surface area contributed by atoms with Crippen LogP contribution in [-0.2, 0) is 4.79 Å². The van der Waals surface area contributed by atoms with Gasteiger partial charge in [-0.15, -0.1) is 24.8 Å². The van der Waals surface area contributed by atoms with E-state index in [1.807, 2.05) is 36.4 Å². The summed E-state index contributed by atoms with van der Waals surface area (Å²) in [7, 11) is 0. The average Bonchev–Trinajstić information content (AvgIpc) is 3.10. The molecule has 0 aliphatic carbocycles. The Morgan fingerprint density at radius 3 is 2.35 bits per heavy atom. The van der Waals surface area contributed by atoms with Gasteiger partial charge < -0.3 is 16.0 Å². The van der Waals surface area contributed by atoms with Crippen LogP contribution in [0.15, 0.2) is 60.7 Å². The second kappa shape index (κ2) is 11.1. The summed E-state index contributed by atoms with van der Waals surface area (Å²) in [4.78, 5) is 14.5. The van der Waals surface area contributed by atoms with Gasteiger partial charge in [0.05, 0.1) is 0 Å². The Labute approximate surface area is 168 Å². The van der Waals surface area contributed by atoms with Crippen LogP contribution in [0, 0.1) is 5.92 Å². The molecule has 0 radical (unpaired) electrons. The van der Waals surface area contributed by atoms with Crippen molar-refractivity contribution in [1.82, 2.24) is 5.32 Å². The average molecular weight is 396 g/mol. The molecule has 0 saturated carbocycles. The Bertz CT molecular complexity index is 655. The maximum absolute atomic E-state index is 12.1. The molecule has 142 valence electrons. The Morgan fingerprint density at radius 1 is 1.08 bits per heavy atom. The summed E-state index contributed by atoms with van der Waals surface area (Å²) < 4.78 is 0. The van der Waals surface area contributed by atoms with Crippen molar-refractivity contribution in [2.24, 2.45) is 11.7 Å². The number of nitrogens with zero attached hydrogens (tertiary/aromatic N) is 1. The summed E-state index contributed by atoms with van der Waals surface area (Å²) in [6.07, 6.45) is 1.44. The second-order valence-electron chi connectivity index (χ2n) is 6.46. The standard InChI is InChI=1S/C20H25N3O.2ClH/c21-19(17-7-3-1-4-8-17)13-20(24)22-14-16-11-12-23(15-16)18-9-5-2-6-10-18;;/h1-10,16,19H,11-15,21H2,(H,22,24);2*1H. The van der Waals surface area contributed by atoms with Crippen molar-refractivity contribution >= 4 is 36.4 Å². The number of nitrogens with one attached hydrogen (secondary N) is 1. The monoisotopic (exact) mass is 395 g/mol. The molecule has 0 bridgehead atoms. The highest BCUT2D eigenvalue weighted by atomic mass is 35.5. The van der Waals surface area contributed by atoms with Crippen molar-refractivity contribution in [3.05, 3.63) is 66.2 Å². The van der Waals surface area contributed by atoms with Crippen LogP contribution >= 0.6 is 24.8 Å². The fourth-order valence-electron chi connectivity index (χ4n) is 3.22. The number of carbonyl (C=O) groups excluding carboxylic acids is 1. The van der Waals surface area contributed by atoms with Gasteiger partial charge in [-0.2, -0.15) is 0 Å². The fourth-order valence-corrected chi connectivity index (χ4v) is 3.22. The maximum Gasteiger partial charge on any atom is 0.221 e. The number of anilines is 1. The molecule has 26 heavy (non-hydrogen) atoms. The molecule has 6 heteroatoms. The lowest BCUT2D eigenvalue weighted by Gasteiger charge is -2.19. The highest BCUT2D eigenvalue weighted by Gasteiger charge is 2.23. The van der Waals surface area contributed by atoms with Crippen LogP contribution in [0.4, 0.5) is 5.69 Å².